The average Bonchev–Trinajstić information content (AvgIpc) is 2.28. The molecule has 1 amide bonds. The predicted octanol–water partition coefficient (Wildman–Crippen LogP) is 2.67. The number of amides is 1. The molecule has 0 spiro atoms. The lowest BCUT2D eigenvalue weighted by atomic mass is 9.96. The number of para-hydroxylation sites is 1. The summed E-state index contributed by atoms with van der Waals surface area (Å²) in [7, 11) is 0. The highest BCUT2D eigenvalue weighted by atomic mass is 32.1. The van der Waals surface area contributed by atoms with Gasteiger partial charge >= 0.3 is 0 Å². The number of benzene rings is 1. The number of carbonyl (C=O) groups is 1. The largest absolute Gasteiger partial charge is 0.308 e. The van der Waals surface area contributed by atoms with E-state index in [0.29, 0.717) is 0 Å². The van der Waals surface area contributed by atoms with Gasteiger partial charge in [0.05, 0.1) is 5.25 Å². The van der Waals surface area contributed by atoms with Gasteiger partial charge in [0.15, 0.2) is 0 Å². The Bertz CT molecular complexity index is 403. The molecule has 3 heteroatoms. The number of hydrogen-bond acceptors (Lipinski definition) is 2. The standard InChI is InChI=1S/C13H17NOS/c1-9-7-8-11-5-3-4-6-12(11)14(9)13(15)10(2)16/h3-6,9-10,16H,7-8H2,1-2H3. The second-order valence-electron chi connectivity index (χ2n) is 4.40. The van der Waals surface area contributed by atoms with Crippen molar-refractivity contribution in [3.05, 3.63) is 29.8 Å². The third kappa shape index (κ3) is 1.96. The molecule has 0 aliphatic carbocycles. The molecule has 1 heterocycles. The van der Waals surface area contributed by atoms with Gasteiger partial charge in [-0.05, 0) is 38.3 Å². The lowest BCUT2D eigenvalue weighted by Crippen LogP contribution is -2.45. The quantitative estimate of drug-likeness (QED) is 0.742. The van der Waals surface area contributed by atoms with Crippen LogP contribution in [0.4, 0.5) is 5.69 Å². The molecule has 2 rings (SSSR count). The molecule has 0 radical (unpaired) electrons. The van der Waals surface area contributed by atoms with Gasteiger partial charge in [0.25, 0.3) is 0 Å². The van der Waals surface area contributed by atoms with Crippen molar-refractivity contribution in [2.24, 2.45) is 0 Å². The second kappa shape index (κ2) is 4.50. The summed E-state index contributed by atoms with van der Waals surface area (Å²) in [6, 6.07) is 8.42. The van der Waals surface area contributed by atoms with Gasteiger partial charge in [-0.2, -0.15) is 12.6 Å². The first-order chi connectivity index (χ1) is 7.61. The van der Waals surface area contributed by atoms with Crippen LogP contribution in [-0.2, 0) is 11.2 Å². The van der Waals surface area contributed by atoms with E-state index in [4.69, 9.17) is 0 Å². The highest BCUT2D eigenvalue weighted by Crippen LogP contribution is 2.31. The number of nitrogens with zero attached hydrogens (tertiary/aromatic N) is 1. The molecular formula is C13H17NOS. The minimum atomic E-state index is -0.242. The summed E-state index contributed by atoms with van der Waals surface area (Å²) >= 11 is 4.24. The molecule has 16 heavy (non-hydrogen) atoms. The number of fused-ring (bicyclic) bond motifs is 1. The minimum absolute atomic E-state index is 0.1000. The van der Waals surface area contributed by atoms with Gasteiger partial charge in [-0.3, -0.25) is 4.79 Å². The first-order valence-corrected chi connectivity index (χ1v) is 6.22. The molecule has 1 aromatic rings. The van der Waals surface area contributed by atoms with Gasteiger partial charge in [-0.1, -0.05) is 18.2 Å². The van der Waals surface area contributed by atoms with E-state index in [0.717, 1.165) is 18.5 Å². The molecular weight excluding hydrogens is 218 g/mol. The summed E-state index contributed by atoms with van der Waals surface area (Å²) in [6.07, 6.45) is 2.09. The maximum absolute atomic E-state index is 12.1. The zero-order valence-corrected chi connectivity index (χ0v) is 10.6. The monoisotopic (exact) mass is 235 g/mol. The normalized spacial score (nSPS) is 21.4. The topological polar surface area (TPSA) is 20.3 Å². The van der Waals surface area contributed by atoms with Crippen molar-refractivity contribution in [2.75, 3.05) is 4.90 Å². The van der Waals surface area contributed by atoms with Crippen LogP contribution < -0.4 is 4.90 Å². The summed E-state index contributed by atoms with van der Waals surface area (Å²) in [5, 5.41) is -0.242. The third-order valence-electron chi connectivity index (χ3n) is 3.12. The molecule has 0 aromatic heterocycles. The van der Waals surface area contributed by atoms with E-state index >= 15 is 0 Å². The molecule has 86 valence electrons. The lowest BCUT2D eigenvalue weighted by Gasteiger charge is -2.36. The van der Waals surface area contributed by atoms with Crippen molar-refractivity contribution in [1.82, 2.24) is 0 Å². The van der Waals surface area contributed by atoms with Crippen molar-refractivity contribution >= 4 is 24.2 Å². The number of aryl methyl sites for hydroxylation is 1. The number of thiol groups is 1. The molecule has 1 aliphatic rings. The lowest BCUT2D eigenvalue weighted by molar-refractivity contribution is -0.118. The Balaban J connectivity index is 2.40. The SMILES string of the molecule is CC(S)C(=O)N1c2ccccc2CCC1C. The maximum Gasteiger partial charge on any atom is 0.239 e. The highest BCUT2D eigenvalue weighted by Gasteiger charge is 2.29. The van der Waals surface area contributed by atoms with Crippen LogP contribution in [-0.4, -0.2) is 17.2 Å². The first kappa shape index (κ1) is 11.5. The zero-order valence-electron chi connectivity index (χ0n) is 9.68. The van der Waals surface area contributed by atoms with Crippen LogP contribution in [0.3, 0.4) is 0 Å². The Morgan fingerprint density at radius 2 is 2.19 bits per heavy atom. The highest BCUT2D eigenvalue weighted by molar-refractivity contribution is 7.81. The van der Waals surface area contributed by atoms with Gasteiger partial charge in [-0.15, -0.1) is 0 Å². The first-order valence-electron chi connectivity index (χ1n) is 5.70. The second-order valence-corrected chi connectivity index (χ2v) is 5.18. The number of carbonyl (C=O) groups excluding carboxylic acids is 1. The van der Waals surface area contributed by atoms with E-state index in [1.807, 2.05) is 30.0 Å². The Kier molecular flexibility index (Phi) is 3.24. The fraction of sp³-hybridized carbons (Fsp3) is 0.462. The van der Waals surface area contributed by atoms with Gasteiger partial charge in [-0.25, -0.2) is 0 Å². The summed E-state index contributed by atoms with van der Waals surface area (Å²) in [4.78, 5) is 14.0. The molecule has 0 bridgehead atoms. The summed E-state index contributed by atoms with van der Waals surface area (Å²) in [5.41, 5.74) is 2.33. The van der Waals surface area contributed by atoms with Crippen molar-refractivity contribution in [3.8, 4) is 0 Å². The van der Waals surface area contributed by atoms with Crippen LogP contribution >= 0.6 is 12.6 Å². The molecule has 1 aliphatic heterocycles. The van der Waals surface area contributed by atoms with Gasteiger partial charge in [0.2, 0.25) is 5.91 Å². The van der Waals surface area contributed by atoms with E-state index in [2.05, 4.69) is 25.6 Å². The van der Waals surface area contributed by atoms with Crippen molar-refractivity contribution < 1.29 is 4.79 Å². The number of hydrogen-bond donors (Lipinski definition) is 1. The summed E-state index contributed by atoms with van der Waals surface area (Å²) in [6.45, 7) is 3.93. The summed E-state index contributed by atoms with van der Waals surface area (Å²) in [5.74, 6) is 0.1000. The molecule has 0 saturated heterocycles. The van der Waals surface area contributed by atoms with Crippen LogP contribution in [0.2, 0.25) is 0 Å². The van der Waals surface area contributed by atoms with Gasteiger partial charge in [0, 0.05) is 11.7 Å². The van der Waals surface area contributed by atoms with Crippen LogP contribution in [0.25, 0.3) is 0 Å². The van der Waals surface area contributed by atoms with E-state index in [1.165, 1.54) is 5.56 Å². The Morgan fingerprint density at radius 3 is 2.88 bits per heavy atom. The number of anilines is 1. The molecule has 2 atom stereocenters. The van der Waals surface area contributed by atoms with Crippen LogP contribution in [0.15, 0.2) is 24.3 Å². The van der Waals surface area contributed by atoms with Crippen molar-refractivity contribution in [2.45, 2.75) is 38.0 Å². The van der Waals surface area contributed by atoms with E-state index < -0.39 is 0 Å². The smallest absolute Gasteiger partial charge is 0.239 e. The number of rotatable bonds is 1. The van der Waals surface area contributed by atoms with E-state index in [1.54, 1.807) is 0 Å². The van der Waals surface area contributed by atoms with Gasteiger partial charge < -0.3 is 4.90 Å². The van der Waals surface area contributed by atoms with Crippen molar-refractivity contribution in [3.63, 3.8) is 0 Å². The van der Waals surface area contributed by atoms with Crippen LogP contribution in [0.5, 0.6) is 0 Å². The summed E-state index contributed by atoms with van der Waals surface area (Å²) < 4.78 is 0. The fourth-order valence-corrected chi connectivity index (χ4v) is 2.35. The Morgan fingerprint density at radius 1 is 1.50 bits per heavy atom. The fourth-order valence-electron chi connectivity index (χ4n) is 2.23. The zero-order chi connectivity index (χ0) is 11.7. The van der Waals surface area contributed by atoms with Crippen molar-refractivity contribution in [1.29, 1.82) is 0 Å². The predicted molar refractivity (Wildman–Crippen MR) is 70.2 cm³/mol. The van der Waals surface area contributed by atoms with E-state index in [9.17, 15) is 4.79 Å². The molecule has 2 unspecified atom stereocenters. The molecule has 2 nitrogen and oxygen atoms in total. The molecule has 0 saturated carbocycles. The van der Waals surface area contributed by atoms with Crippen LogP contribution in [0, 0.1) is 0 Å². The maximum atomic E-state index is 12.1. The third-order valence-corrected chi connectivity index (χ3v) is 3.34. The van der Waals surface area contributed by atoms with Crippen LogP contribution in [0.1, 0.15) is 25.8 Å². The Labute approximate surface area is 102 Å². The van der Waals surface area contributed by atoms with Gasteiger partial charge in [0.1, 0.15) is 0 Å². The minimum Gasteiger partial charge on any atom is -0.308 e. The Hall–Kier alpha value is -0.960. The molecule has 0 N–H and O–H groups in total. The van der Waals surface area contributed by atoms with E-state index in [-0.39, 0.29) is 17.2 Å². The molecule has 0 fully saturated rings. The molecule has 1 aromatic carbocycles. The average molecular weight is 235 g/mol.